The summed E-state index contributed by atoms with van der Waals surface area (Å²) >= 11 is 0. The average Bonchev–Trinajstić information content (AvgIpc) is 2.15. The predicted octanol–water partition coefficient (Wildman–Crippen LogP) is 1.80. The van der Waals surface area contributed by atoms with Crippen LogP contribution in [-0.2, 0) is 4.74 Å². The second-order valence-corrected chi connectivity index (χ2v) is 4.88. The molecular formula is C12H27NO2. The minimum absolute atomic E-state index is 0.485. The molecule has 3 heteroatoms. The molecule has 2 N–H and O–H groups in total. The first-order valence-electron chi connectivity index (χ1n) is 5.87. The van der Waals surface area contributed by atoms with E-state index in [1.54, 1.807) is 7.11 Å². The van der Waals surface area contributed by atoms with E-state index >= 15 is 0 Å². The van der Waals surface area contributed by atoms with Gasteiger partial charge in [-0.2, -0.15) is 0 Å². The average molecular weight is 217 g/mol. The fourth-order valence-corrected chi connectivity index (χ4v) is 1.61. The Balaban J connectivity index is 3.89. The smallest absolute Gasteiger partial charge is 0.0765 e. The summed E-state index contributed by atoms with van der Waals surface area (Å²) in [6.07, 6.45) is 1.77. The van der Waals surface area contributed by atoms with Crippen LogP contribution in [0, 0.1) is 5.92 Å². The van der Waals surface area contributed by atoms with E-state index in [-0.39, 0.29) is 0 Å². The third-order valence-corrected chi connectivity index (χ3v) is 2.83. The van der Waals surface area contributed by atoms with Crippen LogP contribution in [0.4, 0.5) is 0 Å². The minimum Gasteiger partial charge on any atom is -0.389 e. The van der Waals surface area contributed by atoms with Crippen LogP contribution in [0.15, 0.2) is 0 Å². The predicted molar refractivity (Wildman–Crippen MR) is 64.0 cm³/mol. The summed E-state index contributed by atoms with van der Waals surface area (Å²) in [5, 5.41) is 13.4. The molecule has 0 aliphatic carbocycles. The van der Waals surface area contributed by atoms with Gasteiger partial charge in [0.15, 0.2) is 0 Å². The first kappa shape index (κ1) is 14.9. The Labute approximate surface area is 94.2 Å². The lowest BCUT2D eigenvalue weighted by atomic mass is 9.98. The van der Waals surface area contributed by atoms with Crippen molar-refractivity contribution < 1.29 is 9.84 Å². The highest BCUT2D eigenvalue weighted by Crippen LogP contribution is 2.11. The van der Waals surface area contributed by atoms with E-state index in [1.165, 1.54) is 0 Å². The molecule has 15 heavy (non-hydrogen) atoms. The van der Waals surface area contributed by atoms with E-state index in [0.717, 1.165) is 6.42 Å². The molecule has 0 saturated heterocycles. The summed E-state index contributed by atoms with van der Waals surface area (Å²) in [6, 6.07) is 0.485. The Bertz CT molecular complexity index is 158. The fraction of sp³-hybridized carbons (Fsp3) is 1.00. The fourth-order valence-electron chi connectivity index (χ4n) is 1.61. The minimum atomic E-state index is -0.668. The molecule has 0 spiro atoms. The van der Waals surface area contributed by atoms with Gasteiger partial charge in [0, 0.05) is 32.7 Å². The van der Waals surface area contributed by atoms with Crippen molar-refractivity contribution in [3.63, 3.8) is 0 Å². The molecule has 0 amide bonds. The quantitative estimate of drug-likeness (QED) is 0.651. The molecule has 0 rings (SSSR count). The van der Waals surface area contributed by atoms with Gasteiger partial charge in [-0.25, -0.2) is 0 Å². The molecule has 92 valence electrons. The SMILES string of the molecule is CCC(NCC(C)(O)CCOC)C(C)C. The summed E-state index contributed by atoms with van der Waals surface area (Å²) in [5.41, 5.74) is -0.668. The maximum atomic E-state index is 10.0. The maximum absolute atomic E-state index is 10.0. The molecule has 0 saturated carbocycles. The Kier molecular flexibility index (Phi) is 7.14. The van der Waals surface area contributed by atoms with Gasteiger partial charge in [0.1, 0.15) is 0 Å². The van der Waals surface area contributed by atoms with E-state index in [2.05, 4.69) is 26.1 Å². The first-order chi connectivity index (χ1) is 6.93. The molecule has 0 radical (unpaired) electrons. The third-order valence-electron chi connectivity index (χ3n) is 2.83. The van der Waals surface area contributed by atoms with Crippen LogP contribution >= 0.6 is 0 Å². The molecule has 0 aliphatic heterocycles. The van der Waals surface area contributed by atoms with Crippen molar-refractivity contribution in [2.24, 2.45) is 5.92 Å². The molecular weight excluding hydrogens is 190 g/mol. The second-order valence-electron chi connectivity index (χ2n) is 4.88. The normalized spacial score (nSPS) is 17.8. The van der Waals surface area contributed by atoms with Crippen LogP contribution in [0.2, 0.25) is 0 Å². The van der Waals surface area contributed by atoms with Gasteiger partial charge in [-0.05, 0) is 19.3 Å². The van der Waals surface area contributed by atoms with Crippen LogP contribution in [0.3, 0.4) is 0 Å². The highest BCUT2D eigenvalue weighted by molar-refractivity contribution is 4.79. The van der Waals surface area contributed by atoms with Crippen molar-refractivity contribution in [1.29, 1.82) is 0 Å². The molecule has 0 bridgehead atoms. The number of aliphatic hydroxyl groups is 1. The maximum Gasteiger partial charge on any atom is 0.0765 e. The van der Waals surface area contributed by atoms with E-state index in [9.17, 15) is 5.11 Å². The summed E-state index contributed by atoms with van der Waals surface area (Å²) < 4.78 is 4.97. The zero-order valence-corrected chi connectivity index (χ0v) is 10.8. The van der Waals surface area contributed by atoms with Crippen molar-refractivity contribution in [3.8, 4) is 0 Å². The molecule has 3 nitrogen and oxygen atoms in total. The van der Waals surface area contributed by atoms with Gasteiger partial charge >= 0.3 is 0 Å². The monoisotopic (exact) mass is 217 g/mol. The Morgan fingerprint density at radius 1 is 1.40 bits per heavy atom. The van der Waals surface area contributed by atoms with E-state index in [4.69, 9.17) is 4.74 Å². The van der Waals surface area contributed by atoms with Gasteiger partial charge in [0.2, 0.25) is 0 Å². The number of methoxy groups -OCH3 is 1. The lowest BCUT2D eigenvalue weighted by Crippen LogP contribution is -2.44. The molecule has 2 atom stereocenters. The topological polar surface area (TPSA) is 41.5 Å². The lowest BCUT2D eigenvalue weighted by molar-refractivity contribution is 0.0214. The molecule has 0 aliphatic rings. The first-order valence-corrected chi connectivity index (χ1v) is 5.87. The van der Waals surface area contributed by atoms with Gasteiger partial charge in [-0.15, -0.1) is 0 Å². The molecule has 2 unspecified atom stereocenters. The van der Waals surface area contributed by atoms with Gasteiger partial charge in [0.25, 0.3) is 0 Å². The number of hydrogen-bond donors (Lipinski definition) is 2. The second kappa shape index (κ2) is 7.20. The number of hydrogen-bond acceptors (Lipinski definition) is 3. The number of rotatable bonds is 8. The largest absolute Gasteiger partial charge is 0.389 e. The summed E-state index contributed by atoms with van der Waals surface area (Å²) in [7, 11) is 1.66. The van der Waals surface area contributed by atoms with E-state index in [1.807, 2.05) is 6.92 Å². The number of ether oxygens (including phenoxy) is 1. The van der Waals surface area contributed by atoms with Crippen molar-refractivity contribution in [2.75, 3.05) is 20.3 Å². The summed E-state index contributed by atoms with van der Waals surface area (Å²) in [5.74, 6) is 0.605. The van der Waals surface area contributed by atoms with Gasteiger partial charge in [-0.3, -0.25) is 0 Å². The van der Waals surface area contributed by atoms with Crippen LogP contribution in [0.25, 0.3) is 0 Å². The zero-order valence-electron chi connectivity index (χ0n) is 10.8. The Hall–Kier alpha value is -0.120. The number of nitrogens with one attached hydrogen (secondary N) is 1. The van der Waals surface area contributed by atoms with Crippen molar-refractivity contribution in [3.05, 3.63) is 0 Å². The zero-order chi connectivity index (χ0) is 11.9. The Morgan fingerprint density at radius 2 is 2.00 bits per heavy atom. The van der Waals surface area contributed by atoms with Gasteiger partial charge < -0.3 is 15.2 Å². The van der Waals surface area contributed by atoms with Crippen LogP contribution in [0.5, 0.6) is 0 Å². The lowest BCUT2D eigenvalue weighted by Gasteiger charge is -2.28. The van der Waals surface area contributed by atoms with Crippen molar-refractivity contribution in [1.82, 2.24) is 5.32 Å². The van der Waals surface area contributed by atoms with Crippen LogP contribution in [-0.4, -0.2) is 37.0 Å². The van der Waals surface area contributed by atoms with E-state index < -0.39 is 5.60 Å². The Morgan fingerprint density at radius 3 is 2.40 bits per heavy atom. The summed E-state index contributed by atoms with van der Waals surface area (Å²) in [4.78, 5) is 0. The third kappa shape index (κ3) is 6.88. The molecule has 0 heterocycles. The van der Waals surface area contributed by atoms with Crippen molar-refractivity contribution in [2.45, 2.75) is 52.2 Å². The molecule has 0 fully saturated rings. The standard InChI is InChI=1S/C12H27NO2/c1-6-11(10(2)3)13-9-12(4,14)7-8-15-5/h10-11,13-14H,6-9H2,1-5H3. The highest BCUT2D eigenvalue weighted by atomic mass is 16.5. The van der Waals surface area contributed by atoms with Gasteiger partial charge in [0.05, 0.1) is 5.60 Å². The summed E-state index contributed by atoms with van der Waals surface area (Å²) in [6.45, 7) is 9.66. The molecule has 0 aromatic carbocycles. The molecule has 0 aromatic heterocycles. The van der Waals surface area contributed by atoms with Gasteiger partial charge in [-0.1, -0.05) is 20.8 Å². The van der Waals surface area contributed by atoms with Crippen molar-refractivity contribution >= 4 is 0 Å². The van der Waals surface area contributed by atoms with Crippen LogP contribution in [0.1, 0.15) is 40.5 Å². The molecule has 0 aromatic rings. The van der Waals surface area contributed by atoms with E-state index in [0.29, 0.717) is 31.5 Å². The highest BCUT2D eigenvalue weighted by Gasteiger charge is 2.21. The van der Waals surface area contributed by atoms with Crippen LogP contribution < -0.4 is 5.32 Å².